The largest absolute Gasteiger partial charge is 0.354 e. The molecular weight excluding hydrogens is 366 g/mol. The number of carbonyl (C=O) groups is 3. The molecule has 0 aromatic heterocycles. The van der Waals surface area contributed by atoms with Gasteiger partial charge in [0.25, 0.3) is 11.8 Å². The van der Waals surface area contributed by atoms with Crippen molar-refractivity contribution in [2.24, 2.45) is 0 Å². The standard InChI is InChI=1S/C23H35N3O3/c1-5-6-16-24-21(29)23(14-8-7-9-15-23)26-20(28)18-12-10-17(11-13-18)19(27)25-22(2,3)4/h10-13H,5-9,14-16H2,1-4H3,(H,24,29)(H,25,27)(H,26,28). The van der Waals surface area contributed by atoms with Crippen LogP contribution in [-0.2, 0) is 4.79 Å². The van der Waals surface area contributed by atoms with E-state index >= 15 is 0 Å². The molecule has 0 unspecified atom stereocenters. The number of nitrogens with one attached hydrogen (secondary N) is 3. The molecule has 6 heteroatoms. The fourth-order valence-electron chi connectivity index (χ4n) is 3.59. The molecule has 1 saturated carbocycles. The van der Waals surface area contributed by atoms with Crippen LogP contribution in [0.1, 0.15) is 93.4 Å². The van der Waals surface area contributed by atoms with Crippen molar-refractivity contribution in [1.82, 2.24) is 16.0 Å². The van der Waals surface area contributed by atoms with E-state index in [0.717, 1.165) is 32.1 Å². The SMILES string of the molecule is CCCCNC(=O)C1(NC(=O)c2ccc(C(=O)NC(C)(C)C)cc2)CCCCC1. The Kier molecular flexibility index (Phi) is 7.82. The molecule has 160 valence electrons. The predicted molar refractivity (Wildman–Crippen MR) is 115 cm³/mol. The maximum absolute atomic E-state index is 12.9. The molecule has 0 radical (unpaired) electrons. The van der Waals surface area contributed by atoms with Gasteiger partial charge in [-0.1, -0.05) is 32.6 Å². The van der Waals surface area contributed by atoms with Gasteiger partial charge in [0.15, 0.2) is 0 Å². The molecule has 1 fully saturated rings. The number of benzene rings is 1. The van der Waals surface area contributed by atoms with E-state index in [1.165, 1.54) is 0 Å². The van der Waals surface area contributed by atoms with Crippen molar-refractivity contribution in [3.63, 3.8) is 0 Å². The number of rotatable bonds is 7. The van der Waals surface area contributed by atoms with Crippen LogP contribution in [0.5, 0.6) is 0 Å². The highest BCUT2D eigenvalue weighted by molar-refractivity contribution is 6.00. The molecule has 1 aromatic rings. The Hall–Kier alpha value is -2.37. The summed E-state index contributed by atoms with van der Waals surface area (Å²) in [5.41, 5.74) is -0.221. The van der Waals surface area contributed by atoms with Crippen LogP contribution in [0.3, 0.4) is 0 Å². The highest BCUT2D eigenvalue weighted by Gasteiger charge is 2.40. The summed E-state index contributed by atoms with van der Waals surface area (Å²) in [6, 6.07) is 6.56. The maximum atomic E-state index is 12.9. The molecule has 29 heavy (non-hydrogen) atoms. The Morgan fingerprint density at radius 1 is 0.931 bits per heavy atom. The second-order valence-electron chi connectivity index (χ2n) is 8.99. The minimum Gasteiger partial charge on any atom is -0.354 e. The monoisotopic (exact) mass is 401 g/mol. The molecule has 2 rings (SSSR count). The van der Waals surface area contributed by atoms with Crippen LogP contribution in [0.25, 0.3) is 0 Å². The molecule has 0 spiro atoms. The van der Waals surface area contributed by atoms with Gasteiger partial charge < -0.3 is 16.0 Å². The third kappa shape index (κ3) is 6.58. The van der Waals surface area contributed by atoms with E-state index in [-0.39, 0.29) is 23.3 Å². The smallest absolute Gasteiger partial charge is 0.252 e. The molecule has 1 aromatic carbocycles. The maximum Gasteiger partial charge on any atom is 0.252 e. The van der Waals surface area contributed by atoms with Crippen molar-refractivity contribution < 1.29 is 14.4 Å². The van der Waals surface area contributed by atoms with Crippen molar-refractivity contribution in [2.75, 3.05) is 6.54 Å². The number of unbranched alkanes of at least 4 members (excludes halogenated alkanes) is 1. The summed E-state index contributed by atoms with van der Waals surface area (Å²) in [6.45, 7) is 8.46. The zero-order chi connectivity index (χ0) is 21.5. The summed E-state index contributed by atoms with van der Waals surface area (Å²) in [5, 5.41) is 8.90. The minimum atomic E-state index is -0.842. The van der Waals surface area contributed by atoms with Crippen molar-refractivity contribution in [2.45, 2.75) is 83.7 Å². The van der Waals surface area contributed by atoms with Gasteiger partial charge in [0.1, 0.15) is 5.54 Å². The van der Waals surface area contributed by atoms with Gasteiger partial charge in [0.2, 0.25) is 5.91 Å². The molecule has 3 N–H and O–H groups in total. The number of hydrogen-bond acceptors (Lipinski definition) is 3. The molecule has 0 heterocycles. The molecule has 0 bridgehead atoms. The second kappa shape index (κ2) is 9.90. The second-order valence-corrected chi connectivity index (χ2v) is 8.99. The Morgan fingerprint density at radius 3 is 2.00 bits per heavy atom. The number of amides is 3. The van der Waals surface area contributed by atoms with E-state index in [2.05, 4.69) is 22.9 Å². The fourth-order valence-corrected chi connectivity index (χ4v) is 3.59. The third-order valence-electron chi connectivity index (χ3n) is 5.21. The van der Waals surface area contributed by atoms with Gasteiger partial charge in [-0.15, -0.1) is 0 Å². The van der Waals surface area contributed by atoms with Gasteiger partial charge in [-0.2, -0.15) is 0 Å². The summed E-state index contributed by atoms with van der Waals surface area (Å²) in [6.07, 6.45) is 6.17. The lowest BCUT2D eigenvalue weighted by atomic mass is 9.80. The van der Waals surface area contributed by atoms with E-state index in [1.54, 1.807) is 24.3 Å². The topological polar surface area (TPSA) is 87.3 Å². The van der Waals surface area contributed by atoms with Gasteiger partial charge in [-0.25, -0.2) is 0 Å². The van der Waals surface area contributed by atoms with Crippen LogP contribution in [-0.4, -0.2) is 35.3 Å². The van der Waals surface area contributed by atoms with E-state index in [1.807, 2.05) is 20.8 Å². The summed E-state index contributed by atoms with van der Waals surface area (Å²) in [7, 11) is 0. The van der Waals surface area contributed by atoms with Gasteiger partial charge in [0.05, 0.1) is 0 Å². The normalized spacial score (nSPS) is 16.0. The summed E-state index contributed by atoms with van der Waals surface area (Å²) in [4.78, 5) is 38.0. The Balaban J connectivity index is 2.09. The quantitative estimate of drug-likeness (QED) is 0.611. The Morgan fingerprint density at radius 2 is 1.48 bits per heavy atom. The van der Waals surface area contributed by atoms with E-state index < -0.39 is 5.54 Å². The van der Waals surface area contributed by atoms with Crippen LogP contribution in [0.2, 0.25) is 0 Å². The van der Waals surface area contributed by atoms with Crippen molar-refractivity contribution in [3.8, 4) is 0 Å². The van der Waals surface area contributed by atoms with Gasteiger partial charge in [-0.3, -0.25) is 14.4 Å². The van der Waals surface area contributed by atoms with Crippen LogP contribution in [0.15, 0.2) is 24.3 Å². The zero-order valence-corrected chi connectivity index (χ0v) is 18.2. The van der Waals surface area contributed by atoms with Crippen LogP contribution in [0, 0.1) is 0 Å². The van der Waals surface area contributed by atoms with Crippen LogP contribution in [0.4, 0.5) is 0 Å². The van der Waals surface area contributed by atoms with Gasteiger partial charge in [-0.05, 0) is 64.3 Å². The lowest BCUT2D eigenvalue weighted by Crippen LogP contribution is -2.59. The average molecular weight is 402 g/mol. The summed E-state index contributed by atoms with van der Waals surface area (Å²) < 4.78 is 0. The van der Waals surface area contributed by atoms with Crippen LogP contribution < -0.4 is 16.0 Å². The Bertz CT molecular complexity index is 714. The van der Waals surface area contributed by atoms with Gasteiger partial charge >= 0.3 is 0 Å². The molecular formula is C23H35N3O3. The number of hydrogen-bond donors (Lipinski definition) is 3. The highest BCUT2D eigenvalue weighted by atomic mass is 16.2. The number of carbonyl (C=O) groups excluding carboxylic acids is 3. The first-order chi connectivity index (χ1) is 13.7. The van der Waals surface area contributed by atoms with E-state index in [0.29, 0.717) is 30.5 Å². The van der Waals surface area contributed by atoms with E-state index in [9.17, 15) is 14.4 Å². The van der Waals surface area contributed by atoms with Crippen LogP contribution >= 0.6 is 0 Å². The minimum absolute atomic E-state index is 0.0832. The average Bonchev–Trinajstić information content (AvgIpc) is 2.67. The third-order valence-corrected chi connectivity index (χ3v) is 5.21. The molecule has 0 saturated heterocycles. The van der Waals surface area contributed by atoms with Crippen molar-refractivity contribution in [3.05, 3.63) is 35.4 Å². The van der Waals surface area contributed by atoms with Gasteiger partial charge in [0, 0.05) is 23.2 Å². The lowest BCUT2D eigenvalue weighted by molar-refractivity contribution is -0.128. The summed E-state index contributed by atoms with van der Waals surface area (Å²) in [5.74, 6) is -0.538. The summed E-state index contributed by atoms with van der Waals surface area (Å²) >= 11 is 0. The molecule has 6 nitrogen and oxygen atoms in total. The molecule has 0 aliphatic heterocycles. The Labute approximate surface area is 174 Å². The first-order valence-electron chi connectivity index (χ1n) is 10.7. The molecule has 0 atom stereocenters. The van der Waals surface area contributed by atoms with E-state index in [4.69, 9.17) is 0 Å². The molecule has 3 amide bonds. The zero-order valence-electron chi connectivity index (χ0n) is 18.2. The lowest BCUT2D eigenvalue weighted by Gasteiger charge is -2.36. The first-order valence-corrected chi connectivity index (χ1v) is 10.7. The fraction of sp³-hybridized carbons (Fsp3) is 0.609. The molecule has 1 aliphatic carbocycles. The van der Waals surface area contributed by atoms with Crippen molar-refractivity contribution in [1.29, 1.82) is 0 Å². The molecule has 1 aliphatic rings. The van der Waals surface area contributed by atoms with Crippen molar-refractivity contribution >= 4 is 17.7 Å². The highest BCUT2D eigenvalue weighted by Crippen LogP contribution is 2.29. The first kappa shape index (κ1) is 22.9. The predicted octanol–water partition coefficient (Wildman–Crippen LogP) is 3.56.